The van der Waals surface area contributed by atoms with Crippen molar-refractivity contribution in [1.29, 1.82) is 0 Å². The number of hydrogen-bond acceptors (Lipinski definition) is 5. The van der Waals surface area contributed by atoms with Gasteiger partial charge in [-0.1, -0.05) is 18.2 Å². The van der Waals surface area contributed by atoms with Crippen molar-refractivity contribution in [3.05, 3.63) is 77.4 Å². The Morgan fingerprint density at radius 1 is 0.800 bits per heavy atom. The number of hydrogen-bond donors (Lipinski definition) is 1. The molecule has 30 heavy (non-hydrogen) atoms. The number of rotatable bonds is 8. The molecule has 0 bridgehead atoms. The van der Waals surface area contributed by atoms with Gasteiger partial charge in [-0.15, -0.1) is 0 Å². The lowest BCUT2D eigenvalue weighted by molar-refractivity contribution is 0.102. The van der Waals surface area contributed by atoms with Crippen molar-refractivity contribution in [2.24, 2.45) is 0 Å². The molecule has 0 heterocycles. The van der Waals surface area contributed by atoms with Crippen molar-refractivity contribution >= 4 is 11.6 Å². The minimum absolute atomic E-state index is 0.221. The van der Waals surface area contributed by atoms with Gasteiger partial charge in [-0.25, -0.2) is 0 Å². The highest BCUT2D eigenvalue weighted by molar-refractivity contribution is 6.05. The first-order valence-electron chi connectivity index (χ1n) is 9.44. The van der Waals surface area contributed by atoms with Crippen LogP contribution in [0.25, 0.3) is 0 Å². The van der Waals surface area contributed by atoms with Crippen LogP contribution >= 0.6 is 0 Å². The predicted octanol–water partition coefficient (Wildman–Crippen LogP) is 4.85. The molecule has 0 unspecified atom stereocenters. The van der Waals surface area contributed by atoms with Crippen LogP contribution in [0.2, 0.25) is 0 Å². The van der Waals surface area contributed by atoms with Crippen molar-refractivity contribution in [2.45, 2.75) is 13.5 Å². The van der Waals surface area contributed by atoms with Crippen molar-refractivity contribution in [3.63, 3.8) is 0 Å². The van der Waals surface area contributed by atoms with Crippen molar-refractivity contribution < 1.29 is 23.7 Å². The standard InChI is InChI=1S/C24H25NO5/c1-16-9-11-21(28-3)19(13-16)25-24(26)17-10-12-20(27-2)18(14-17)15-30-23-8-6-5-7-22(23)29-4/h5-14H,15H2,1-4H3,(H,25,26). The van der Waals surface area contributed by atoms with Gasteiger partial charge in [0, 0.05) is 11.1 Å². The number of methoxy groups -OCH3 is 3. The van der Waals surface area contributed by atoms with Gasteiger partial charge in [0.2, 0.25) is 0 Å². The fourth-order valence-corrected chi connectivity index (χ4v) is 3.04. The minimum atomic E-state index is -0.250. The molecule has 0 aliphatic rings. The molecular formula is C24H25NO5. The Balaban J connectivity index is 1.81. The molecule has 0 aliphatic carbocycles. The lowest BCUT2D eigenvalue weighted by Crippen LogP contribution is -2.13. The maximum atomic E-state index is 12.9. The third-order valence-corrected chi connectivity index (χ3v) is 4.60. The van der Waals surface area contributed by atoms with Crippen LogP contribution in [0.5, 0.6) is 23.0 Å². The van der Waals surface area contributed by atoms with Crippen molar-refractivity contribution in [2.75, 3.05) is 26.6 Å². The van der Waals surface area contributed by atoms with E-state index in [9.17, 15) is 4.79 Å². The van der Waals surface area contributed by atoms with E-state index in [0.717, 1.165) is 11.1 Å². The van der Waals surface area contributed by atoms with E-state index >= 15 is 0 Å². The molecule has 0 atom stereocenters. The van der Waals surface area contributed by atoms with Gasteiger partial charge < -0.3 is 24.3 Å². The third kappa shape index (κ3) is 4.84. The van der Waals surface area contributed by atoms with E-state index in [0.29, 0.717) is 34.2 Å². The van der Waals surface area contributed by atoms with Crippen molar-refractivity contribution in [3.8, 4) is 23.0 Å². The number of carbonyl (C=O) groups excluding carboxylic acids is 1. The average molecular weight is 407 g/mol. The number of nitrogens with one attached hydrogen (secondary N) is 1. The summed E-state index contributed by atoms with van der Waals surface area (Å²) in [4.78, 5) is 12.9. The van der Waals surface area contributed by atoms with Gasteiger partial charge in [-0.3, -0.25) is 4.79 Å². The molecule has 0 radical (unpaired) electrons. The SMILES string of the molecule is COc1ccc(C(=O)Nc2cc(C)ccc2OC)cc1COc1ccccc1OC. The predicted molar refractivity (Wildman–Crippen MR) is 116 cm³/mol. The number of amides is 1. The smallest absolute Gasteiger partial charge is 0.255 e. The number of benzene rings is 3. The summed E-state index contributed by atoms with van der Waals surface area (Å²) in [5.74, 6) is 2.23. The summed E-state index contributed by atoms with van der Waals surface area (Å²) >= 11 is 0. The molecule has 156 valence electrons. The van der Waals surface area contributed by atoms with E-state index < -0.39 is 0 Å². The average Bonchev–Trinajstić information content (AvgIpc) is 2.77. The summed E-state index contributed by atoms with van der Waals surface area (Å²) < 4.78 is 22.0. The van der Waals surface area contributed by atoms with E-state index in [1.54, 1.807) is 39.5 Å². The zero-order valence-electron chi connectivity index (χ0n) is 17.5. The molecule has 6 heteroatoms. The summed E-state index contributed by atoms with van der Waals surface area (Å²) in [5.41, 5.74) is 2.86. The van der Waals surface area contributed by atoms with Crippen LogP contribution in [0.1, 0.15) is 21.5 Å². The summed E-state index contributed by atoms with van der Waals surface area (Å²) in [6.07, 6.45) is 0. The quantitative estimate of drug-likeness (QED) is 0.578. The normalized spacial score (nSPS) is 10.3. The van der Waals surface area contributed by atoms with Gasteiger partial charge in [0.05, 0.1) is 27.0 Å². The van der Waals surface area contributed by atoms with E-state index in [1.807, 2.05) is 49.4 Å². The Morgan fingerprint density at radius 3 is 2.17 bits per heavy atom. The molecule has 3 rings (SSSR count). The van der Waals surface area contributed by atoms with E-state index in [-0.39, 0.29) is 12.5 Å². The Kier molecular flexibility index (Phi) is 6.80. The largest absolute Gasteiger partial charge is 0.496 e. The van der Waals surface area contributed by atoms with Gasteiger partial charge in [0.15, 0.2) is 11.5 Å². The number of carbonyl (C=O) groups is 1. The molecular weight excluding hydrogens is 382 g/mol. The first kappa shape index (κ1) is 21.0. The highest BCUT2D eigenvalue weighted by Gasteiger charge is 2.14. The van der Waals surface area contributed by atoms with Crippen LogP contribution in [0.15, 0.2) is 60.7 Å². The second-order valence-corrected chi connectivity index (χ2v) is 6.62. The Hall–Kier alpha value is -3.67. The van der Waals surface area contributed by atoms with E-state index in [2.05, 4.69) is 5.32 Å². The molecule has 0 saturated heterocycles. The summed E-state index contributed by atoms with van der Waals surface area (Å²) in [5, 5.41) is 2.91. The number of anilines is 1. The van der Waals surface area contributed by atoms with Gasteiger partial charge in [0.1, 0.15) is 18.1 Å². The Labute approximate surface area is 176 Å². The third-order valence-electron chi connectivity index (χ3n) is 4.60. The summed E-state index contributed by atoms with van der Waals surface area (Å²) in [7, 11) is 4.74. The number of para-hydroxylation sites is 2. The second kappa shape index (κ2) is 9.69. The van der Waals surface area contributed by atoms with Gasteiger partial charge >= 0.3 is 0 Å². The summed E-state index contributed by atoms with van der Waals surface area (Å²) in [6, 6.07) is 18.2. The maximum absolute atomic E-state index is 12.9. The summed E-state index contributed by atoms with van der Waals surface area (Å²) in [6.45, 7) is 2.17. The molecule has 3 aromatic carbocycles. The molecule has 0 fully saturated rings. The molecule has 1 amide bonds. The first-order valence-corrected chi connectivity index (χ1v) is 9.44. The van der Waals surface area contributed by atoms with Gasteiger partial charge in [-0.05, 0) is 55.0 Å². The fraction of sp³-hybridized carbons (Fsp3) is 0.208. The first-order chi connectivity index (χ1) is 14.5. The maximum Gasteiger partial charge on any atom is 0.255 e. The molecule has 0 spiro atoms. The van der Waals surface area contributed by atoms with Crippen LogP contribution in [0.4, 0.5) is 5.69 Å². The molecule has 0 aromatic heterocycles. The lowest BCUT2D eigenvalue weighted by Gasteiger charge is -2.15. The van der Waals surface area contributed by atoms with Crippen LogP contribution in [-0.4, -0.2) is 27.2 Å². The van der Waals surface area contributed by atoms with Crippen molar-refractivity contribution in [1.82, 2.24) is 0 Å². The molecule has 0 saturated carbocycles. The molecule has 0 aliphatic heterocycles. The Morgan fingerprint density at radius 2 is 1.47 bits per heavy atom. The fourth-order valence-electron chi connectivity index (χ4n) is 3.04. The number of ether oxygens (including phenoxy) is 4. The molecule has 6 nitrogen and oxygen atoms in total. The van der Waals surface area contributed by atoms with Crippen LogP contribution in [0, 0.1) is 6.92 Å². The highest BCUT2D eigenvalue weighted by atomic mass is 16.5. The number of aryl methyl sites for hydroxylation is 1. The Bertz CT molecular complexity index is 1030. The second-order valence-electron chi connectivity index (χ2n) is 6.62. The van der Waals surface area contributed by atoms with E-state index in [4.69, 9.17) is 18.9 Å². The highest BCUT2D eigenvalue weighted by Crippen LogP contribution is 2.29. The lowest BCUT2D eigenvalue weighted by atomic mass is 10.1. The monoisotopic (exact) mass is 407 g/mol. The van der Waals surface area contributed by atoms with Crippen LogP contribution in [0.3, 0.4) is 0 Å². The van der Waals surface area contributed by atoms with Crippen LogP contribution < -0.4 is 24.3 Å². The topological polar surface area (TPSA) is 66.0 Å². The van der Waals surface area contributed by atoms with Gasteiger partial charge in [0.25, 0.3) is 5.91 Å². The zero-order chi connectivity index (χ0) is 21.5. The van der Waals surface area contributed by atoms with E-state index in [1.165, 1.54) is 0 Å². The minimum Gasteiger partial charge on any atom is -0.496 e. The zero-order valence-corrected chi connectivity index (χ0v) is 17.5. The van der Waals surface area contributed by atoms with Crippen LogP contribution in [-0.2, 0) is 6.61 Å². The van der Waals surface area contributed by atoms with Gasteiger partial charge in [-0.2, -0.15) is 0 Å². The molecule has 3 aromatic rings. The molecule has 1 N–H and O–H groups in total.